The van der Waals surface area contributed by atoms with E-state index in [1.54, 1.807) is 0 Å². The van der Waals surface area contributed by atoms with E-state index in [1.165, 1.54) is 5.56 Å². The Kier molecular flexibility index (Phi) is 8.20. The van der Waals surface area contributed by atoms with Crippen molar-refractivity contribution in [2.24, 2.45) is 11.8 Å². The molecule has 0 spiro atoms. The van der Waals surface area contributed by atoms with Crippen molar-refractivity contribution >= 4 is 11.9 Å². The third kappa shape index (κ3) is 6.03. The molecule has 1 aromatic rings. The van der Waals surface area contributed by atoms with Gasteiger partial charge in [0.15, 0.2) is 0 Å². The summed E-state index contributed by atoms with van der Waals surface area (Å²) in [6.45, 7) is 13.6. The normalized spacial score (nSPS) is 26.6. The molecule has 2 saturated heterocycles. The number of rotatable bonds is 8. The molecule has 0 saturated carbocycles. The number of nitrogens with two attached hydrogens (primary N) is 1. The predicted octanol–water partition coefficient (Wildman–Crippen LogP) is 1.36. The average Bonchev–Trinajstić information content (AvgIpc) is 2.79. The van der Waals surface area contributed by atoms with Gasteiger partial charge in [0.1, 0.15) is 0 Å². The van der Waals surface area contributed by atoms with E-state index < -0.39 is 0 Å². The standard InChI is InChI=1S/C25H43N7O/c1-4-6-32-18-19(13-20-15-22-21(16-23(20)32)17-27-25(26)28-22)14-24(33)31(5-2)12-11-30-9-7-29(3)8-10-30/h17,19-20,23H,4-16,18H2,1-3H3,(H2,26,27,28)/t19-,20-,23-/m1/s1. The van der Waals surface area contributed by atoms with Gasteiger partial charge >= 0.3 is 0 Å². The lowest BCUT2D eigenvalue weighted by Gasteiger charge is -2.47. The van der Waals surface area contributed by atoms with Crippen LogP contribution in [0.2, 0.25) is 0 Å². The summed E-state index contributed by atoms with van der Waals surface area (Å²) in [6, 6.07) is 0.538. The van der Waals surface area contributed by atoms with Gasteiger partial charge in [-0.3, -0.25) is 14.6 Å². The number of nitrogens with zero attached hydrogens (tertiary/aromatic N) is 6. The third-order valence-corrected chi connectivity index (χ3v) is 7.99. The van der Waals surface area contributed by atoms with Crippen LogP contribution in [0.4, 0.5) is 5.95 Å². The Morgan fingerprint density at radius 1 is 1.18 bits per heavy atom. The number of hydrogen-bond acceptors (Lipinski definition) is 7. The molecular weight excluding hydrogens is 414 g/mol. The first-order valence-corrected chi connectivity index (χ1v) is 13.0. The first-order chi connectivity index (χ1) is 16.0. The van der Waals surface area contributed by atoms with Crippen molar-refractivity contribution in [3.8, 4) is 0 Å². The Morgan fingerprint density at radius 3 is 2.70 bits per heavy atom. The molecule has 8 heteroatoms. The maximum atomic E-state index is 13.3. The van der Waals surface area contributed by atoms with E-state index in [9.17, 15) is 4.79 Å². The van der Waals surface area contributed by atoms with Crippen molar-refractivity contribution < 1.29 is 4.79 Å². The molecule has 2 fully saturated rings. The lowest BCUT2D eigenvalue weighted by Crippen LogP contribution is -2.53. The molecule has 3 atom stereocenters. The molecule has 2 aliphatic heterocycles. The second-order valence-electron chi connectivity index (χ2n) is 10.4. The second kappa shape index (κ2) is 11.1. The Balaban J connectivity index is 1.35. The highest BCUT2D eigenvalue weighted by atomic mass is 16.2. The average molecular weight is 458 g/mol. The summed E-state index contributed by atoms with van der Waals surface area (Å²) < 4.78 is 0. The number of piperidine rings is 1. The number of aromatic nitrogens is 2. The number of likely N-dealkylation sites (tertiary alicyclic amines) is 1. The summed E-state index contributed by atoms with van der Waals surface area (Å²) >= 11 is 0. The zero-order valence-electron chi connectivity index (χ0n) is 20.9. The Labute approximate surface area is 199 Å². The van der Waals surface area contributed by atoms with Crippen molar-refractivity contribution in [3.05, 3.63) is 17.5 Å². The zero-order chi connectivity index (χ0) is 23.4. The molecule has 4 rings (SSSR count). The first-order valence-electron chi connectivity index (χ1n) is 13.0. The Morgan fingerprint density at radius 2 is 1.97 bits per heavy atom. The number of anilines is 1. The molecule has 0 unspecified atom stereocenters. The van der Waals surface area contributed by atoms with Gasteiger partial charge in [-0.1, -0.05) is 6.92 Å². The van der Waals surface area contributed by atoms with Crippen LogP contribution in [0.1, 0.15) is 44.4 Å². The van der Waals surface area contributed by atoms with E-state index in [4.69, 9.17) is 5.73 Å². The molecule has 0 radical (unpaired) electrons. The fraction of sp³-hybridized carbons (Fsp3) is 0.800. The molecule has 0 aromatic carbocycles. The van der Waals surface area contributed by atoms with Crippen molar-refractivity contribution in [1.82, 2.24) is 29.6 Å². The minimum Gasteiger partial charge on any atom is -0.368 e. The highest BCUT2D eigenvalue weighted by molar-refractivity contribution is 5.76. The third-order valence-electron chi connectivity index (χ3n) is 7.99. The van der Waals surface area contributed by atoms with Crippen LogP contribution in [0.25, 0.3) is 0 Å². The molecular formula is C25H43N7O. The largest absolute Gasteiger partial charge is 0.368 e. The van der Waals surface area contributed by atoms with Gasteiger partial charge in [-0.05, 0) is 63.6 Å². The monoisotopic (exact) mass is 457 g/mol. The van der Waals surface area contributed by atoms with Gasteiger partial charge in [-0.2, -0.15) is 0 Å². The van der Waals surface area contributed by atoms with Crippen LogP contribution in [0, 0.1) is 11.8 Å². The van der Waals surface area contributed by atoms with Gasteiger partial charge in [-0.25, -0.2) is 9.97 Å². The van der Waals surface area contributed by atoms with Gasteiger partial charge in [0.05, 0.1) is 0 Å². The summed E-state index contributed by atoms with van der Waals surface area (Å²) in [7, 11) is 2.18. The summed E-state index contributed by atoms with van der Waals surface area (Å²) in [6.07, 6.45) is 6.80. The van der Waals surface area contributed by atoms with Gasteiger partial charge in [-0.15, -0.1) is 0 Å². The van der Waals surface area contributed by atoms with Gasteiger partial charge < -0.3 is 15.5 Å². The topological polar surface area (TPSA) is 81.8 Å². The van der Waals surface area contributed by atoms with E-state index in [1.807, 2.05) is 6.20 Å². The van der Waals surface area contributed by atoms with Crippen LogP contribution in [-0.2, 0) is 17.6 Å². The minimum absolute atomic E-state index is 0.328. The molecule has 3 aliphatic rings. The van der Waals surface area contributed by atoms with Crippen LogP contribution in [0.15, 0.2) is 6.20 Å². The smallest absolute Gasteiger partial charge is 0.222 e. The van der Waals surface area contributed by atoms with Crippen LogP contribution >= 0.6 is 0 Å². The molecule has 3 heterocycles. The number of piperazine rings is 1. The summed E-state index contributed by atoms with van der Waals surface area (Å²) in [5, 5.41) is 0. The molecule has 184 valence electrons. The Bertz CT molecular complexity index is 795. The number of carbonyl (C=O) groups excluding carboxylic acids is 1. The van der Waals surface area contributed by atoms with Gasteiger partial charge in [0.25, 0.3) is 0 Å². The molecule has 1 aromatic heterocycles. The van der Waals surface area contributed by atoms with Crippen molar-refractivity contribution in [3.63, 3.8) is 0 Å². The molecule has 2 N–H and O–H groups in total. The molecule has 1 aliphatic carbocycles. The van der Waals surface area contributed by atoms with E-state index in [-0.39, 0.29) is 0 Å². The minimum atomic E-state index is 0.328. The fourth-order valence-corrected chi connectivity index (χ4v) is 6.08. The maximum Gasteiger partial charge on any atom is 0.222 e. The number of nitrogen functional groups attached to an aromatic ring is 1. The fourth-order valence-electron chi connectivity index (χ4n) is 6.08. The SMILES string of the molecule is CCCN1C[C@@H](CC(=O)N(CC)CCN2CCN(C)CC2)C[C@@H]2Cc3nc(N)ncc3C[C@H]21. The summed E-state index contributed by atoms with van der Waals surface area (Å²) in [5.74, 6) is 1.67. The van der Waals surface area contributed by atoms with Crippen molar-refractivity contribution in [2.75, 3.05) is 71.7 Å². The van der Waals surface area contributed by atoms with Crippen LogP contribution < -0.4 is 5.73 Å². The van der Waals surface area contributed by atoms with Gasteiger partial charge in [0, 0.05) is 76.7 Å². The number of likely N-dealkylation sites (N-methyl/N-ethyl adjacent to an activating group) is 2. The van der Waals surface area contributed by atoms with Crippen molar-refractivity contribution in [2.45, 2.75) is 52.0 Å². The maximum absolute atomic E-state index is 13.3. The van der Waals surface area contributed by atoms with E-state index >= 15 is 0 Å². The second-order valence-corrected chi connectivity index (χ2v) is 10.4. The number of fused-ring (bicyclic) bond motifs is 2. The quantitative estimate of drug-likeness (QED) is 0.631. The lowest BCUT2D eigenvalue weighted by atomic mass is 9.73. The van der Waals surface area contributed by atoms with Crippen molar-refractivity contribution in [1.29, 1.82) is 0 Å². The van der Waals surface area contributed by atoms with E-state index in [0.717, 1.165) is 90.3 Å². The lowest BCUT2D eigenvalue weighted by molar-refractivity contribution is -0.133. The zero-order valence-corrected chi connectivity index (χ0v) is 20.9. The molecule has 8 nitrogen and oxygen atoms in total. The molecule has 33 heavy (non-hydrogen) atoms. The number of carbonyl (C=O) groups is 1. The predicted molar refractivity (Wildman–Crippen MR) is 132 cm³/mol. The molecule has 0 bridgehead atoms. The number of hydrogen-bond donors (Lipinski definition) is 1. The summed E-state index contributed by atoms with van der Waals surface area (Å²) in [5.41, 5.74) is 8.24. The van der Waals surface area contributed by atoms with Gasteiger partial charge in [0.2, 0.25) is 11.9 Å². The van der Waals surface area contributed by atoms with E-state index in [2.05, 4.69) is 50.5 Å². The number of amides is 1. The van der Waals surface area contributed by atoms with Crippen LogP contribution in [0.5, 0.6) is 0 Å². The highest BCUT2D eigenvalue weighted by Gasteiger charge is 2.40. The summed E-state index contributed by atoms with van der Waals surface area (Å²) in [4.78, 5) is 31.7. The Hall–Kier alpha value is -1.77. The van der Waals surface area contributed by atoms with Crippen LogP contribution in [0.3, 0.4) is 0 Å². The van der Waals surface area contributed by atoms with Crippen LogP contribution in [-0.4, -0.2) is 107 Å². The molecule has 1 amide bonds. The van der Waals surface area contributed by atoms with E-state index in [0.29, 0.717) is 36.2 Å². The first kappa shape index (κ1) is 24.4. The highest BCUT2D eigenvalue weighted by Crippen LogP contribution is 2.37.